The Labute approximate surface area is 116 Å². The predicted octanol–water partition coefficient (Wildman–Crippen LogP) is 1.48. The van der Waals surface area contributed by atoms with Crippen LogP contribution in [0.2, 0.25) is 0 Å². The van der Waals surface area contributed by atoms with Crippen LogP contribution < -0.4 is 0 Å². The lowest BCUT2D eigenvalue weighted by Gasteiger charge is -2.34. The third-order valence-electron chi connectivity index (χ3n) is 4.82. The van der Waals surface area contributed by atoms with E-state index >= 15 is 0 Å². The number of nitrogens with zero attached hydrogens (tertiary/aromatic N) is 2. The lowest BCUT2D eigenvalue weighted by molar-refractivity contribution is -0.133. The lowest BCUT2D eigenvalue weighted by Crippen LogP contribution is -2.44. The Kier molecular flexibility index (Phi) is 4.51. The van der Waals surface area contributed by atoms with E-state index in [0.29, 0.717) is 19.1 Å². The summed E-state index contributed by atoms with van der Waals surface area (Å²) in [5.41, 5.74) is -0.612. The molecule has 2 fully saturated rings. The molecule has 19 heavy (non-hydrogen) atoms. The molecule has 4 nitrogen and oxygen atoms in total. The molecule has 1 saturated carbocycles. The van der Waals surface area contributed by atoms with Gasteiger partial charge in [-0.2, -0.15) is 0 Å². The van der Waals surface area contributed by atoms with E-state index in [-0.39, 0.29) is 5.91 Å². The van der Waals surface area contributed by atoms with Crippen LogP contribution >= 0.6 is 0 Å². The number of β-amino-alcohol motifs (C(OH)–C–C–N with tert-alkyl or cyclic N) is 1. The maximum absolute atomic E-state index is 12.3. The average Bonchev–Trinajstić information content (AvgIpc) is 2.68. The number of aliphatic hydroxyl groups is 1. The molecule has 1 N–H and O–H groups in total. The van der Waals surface area contributed by atoms with Crippen molar-refractivity contribution in [2.24, 2.45) is 5.92 Å². The van der Waals surface area contributed by atoms with Crippen LogP contribution in [0.3, 0.4) is 0 Å². The summed E-state index contributed by atoms with van der Waals surface area (Å²) in [4.78, 5) is 16.3. The molecule has 110 valence electrons. The quantitative estimate of drug-likeness (QED) is 0.843. The molecule has 0 aromatic carbocycles. The van der Waals surface area contributed by atoms with Crippen molar-refractivity contribution < 1.29 is 9.90 Å². The first-order valence-electron chi connectivity index (χ1n) is 7.58. The van der Waals surface area contributed by atoms with Crippen molar-refractivity contribution in [1.29, 1.82) is 0 Å². The molecule has 0 radical (unpaired) electrons. The second-order valence-corrected chi connectivity index (χ2v) is 6.88. The summed E-state index contributed by atoms with van der Waals surface area (Å²) in [6.45, 7) is 6.05. The minimum absolute atomic E-state index is 0.206. The number of carbonyl (C=O) groups is 1. The third kappa shape index (κ3) is 3.93. The van der Waals surface area contributed by atoms with Crippen molar-refractivity contribution in [3.05, 3.63) is 0 Å². The molecular weight excluding hydrogens is 240 g/mol. The van der Waals surface area contributed by atoms with Crippen molar-refractivity contribution in [3.63, 3.8) is 0 Å². The zero-order valence-electron chi connectivity index (χ0n) is 12.6. The van der Waals surface area contributed by atoms with Gasteiger partial charge in [0.15, 0.2) is 0 Å². The second-order valence-electron chi connectivity index (χ2n) is 6.88. The summed E-state index contributed by atoms with van der Waals surface area (Å²) in [6, 6.07) is 0.423. The van der Waals surface area contributed by atoms with Gasteiger partial charge in [0.05, 0.1) is 12.1 Å². The van der Waals surface area contributed by atoms with Crippen LogP contribution in [0.1, 0.15) is 46.0 Å². The smallest absolute Gasteiger partial charge is 0.236 e. The molecule has 1 amide bonds. The highest BCUT2D eigenvalue weighted by Gasteiger charge is 2.33. The van der Waals surface area contributed by atoms with Crippen LogP contribution in [-0.4, -0.2) is 59.1 Å². The van der Waals surface area contributed by atoms with Crippen molar-refractivity contribution in [2.75, 3.05) is 26.7 Å². The van der Waals surface area contributed by atoms with Gasteiger partial charge in [0.1, 0.15) is 0 Å². The molecule has 1 aliphatic carbocycles. The summed E-state index contributed by atoms with van der Waals surface area (Å²) in [5.74, 6) is 1.02. The van der Waals surface area contributed by atoms with Crippen LogP contribution in [0.5, 0.6) is 0 Å². The van der Waals surface area contributed by atoms with E-state index in [2.05, 4.69) is 11.8 Å². The Morgan fingerprint density at radius 3 is 2.53 bits per heavy atom. The first kappa shape index (κ1) is 14.8. The monoisotopic (exact) mass is 268 g/mol. The van der Waals surface area contributed by atoms with Gasteiger partial charge in [-0.25, -0.2) is 0 Å². The number of rotatable bonds is 3. The van der Waals surface area contributed by atoms with Crippen molar-refractivity contribution in [3.8, 4) is 0 Å². The fraction of sp³-hybridized carbons (Fsp3) is 0.933. The van der Waals surface area contributed by atoms with Crippen LogP contribution in [0, 0.1) is 5.92 Å². The first-order valence-corrected chi connectivity index (χ1v) is 7.58. The molecule has 0 bridgehead atoms. The summed E-state index contributed by atoms with van der Waals surface area (Å²) < 4.78 is 0. The van der Waals surface area contributed by atoms with E-state index in [9.17, 15) is 9.90 Å². The van der Waals surface area contributed by atoms with E-state index in [4.69, 9.17) is 0 Å². The molecule has 2 aliphatic rings. The standard InChI is InChI=1S/C15H28N2O2/c1-12-4-6-13(7-5-12)16(3)14(18)10-17-9-8-15(2,19)11-17/h12-13,19H,4-11H2,1-3H3. The number of likely N-dealkylation sites (tertiary alicyclic amines) is 1. The highest BCUT2D eigenvalue weighted by molar-refractivity contribution is 5.78. The number of hydrogen-bond donors (Lipinski definition) is 1. The number of hydrogen-bond acceptors (Lipinski definition) is 3. The van der Waals surface area contributed by atoms with Crippen molar-refractivity contribution in [1.82, 2.24) is 9.80 Å². The van der Waals surface area contributed by atoms with E-state index in [0.717, 1.165) is 31.7 Å². The first-order chi connectivity index (χ1) is 8.87. The van der Waals surface area contributed by atoms with E-state index in [1.54, 1.807) is 0 Å². The van der Waals surface area contributed by atoms with Crippen molar-refractivity contribution >= 4 is 5.91 Å². The fourth-order valence-electron chi connectivity index (χ4n) is 3.31. The molecule has 2 rings (SSSR count). The minimum Gasteiger partial charge on any atom is -0.389 e. The van der Waals surface area contributed by atoms with Gasteiger partial charge in [0.2, 0.25) is 5.91 Å². The summed E-state index contributed by atoms with van der Waals surface area (Å²) in [7, 11) is 1.94. The van der Waals surface area contributed by atoms with Gasteiger partial charge in [0, 0.05) is 26.2 Å². The largest absolute Gasteiger partial charge is 0.389 e. The highest BCUT2D eigenvalue weighted by Crippen LogP contribution is 2.27. The predicted molar refractivity (Wildman–Crippen MR) is 75.9 cm³/mol. The van der Waals surface area contributed by atoms with Gasteiger partial charge in [-0.3, -0.25) is 9.69 Å². The van der Waals surface area contributed by atoms with Gasteiger partial charge in [-0.1, -0.05) is 6.92 Å². The van der Waals surface area contributed by atoms with E-state index < -0.39 is 5.60 Å². The van der Waals surface area contributed by atoms with Gasteiger partial charge < -0.3 is 10.0 Å². The SMILES string of the molecule is CC1CCC(N(C)C(=O)CN2CCC(C)(O)C2)CC1. The van der Waals surface area contributed by atoms with E-state index in [1.165, 1.54) is 12.8 Å². The number of carbonyl (C=O) groups excluding carboxylic acids is 1. The van der Waals surface area contributed by atoms with Gasteiger partial charge in [-0.15, -0.1) is 0 Å². The Hall–Kier alpha value is -0.610. The second kappa shape index (κ2) is 5.80. The molecule has 1 atom stereocenters. The highest BCUT2D eigenvalue weighted by atomic mass is 16.3. The maximum Gasteiger partial charge on any atom is 0.236 e. The van der Waals surface area contributed by atoms with Crippen molar-refractivity contribution in [2.45, 2.75) is 57.6 Å². The zero-order chi connectivity index (χ0) is 14.0. The number of likely N-dealkylation sites (N-methyl/N-ethyl adjacent to an activating group) is 1. The zero-order valence-corrected chi connectivity index (χ0v) is 12.6. The van der Waals surface area contributed by atoms with Crippen LogP contribution in [0.4, 0.5) is 0 Å². The molecule has 1 unspecified atom stereocenters. The fourth-order valence-corrected chi connectivity index (χ4v) is 3.31. The molecule has 0 aromatic rings. The van der Waals surface area contributed by atoms with E-state index in [1.807, 2.05) is 18.9 Å². The molecule has 1 heterocycles. The van der Waals surface area contributed by atoms with Crippen LogP contribution in [-0.2, 0) is 4.79 Å². The van der Waals surface area contributed by atoms with Gasteiger partial charge >= 0.3 is 0 Å². The molecule has 1 saturated heterocycles. The summed E-state index contributed by atoms with van der Waals surface area (Å²) in [6.07, 6.45) is 5.52. The Morgan fingerprint density at radius 2 is 2.00 bits per heavy atom. The van der Waals surface area contributed by atoms with Gasteiger partial charge in [-0.05, 0) is 44.9 Å². The van der Waals surface area contributed by atoms with Crippen LogP contribution in [0.25, 0.3) is 0 Å². The van der Waals surface area contributed by atoms with Crippen LogP contribution in [0.15, 0.2) is 0 Å². The average molecular weight is 268 g/mol. The molecular formula is C15H28N2O2. The minimum atomic E-state index is -0.612. The topological polar surface area (TPSA) is 43.8 Å². The molecule has 1 aliphatic heterocycles. The third-order valence-corrected chi connectivity index (χ3v) is 4.82. The Balaban J connectivity index is 1.80. The molecule has 0 spiro atoms. The van der Waals surface area contributed by atoms with Gasteiger partial charge in [0.25, 0.3) is 0 Å². The Morgan fingerprint density at radius 1 is 1.37 bits per heavy atom. The maximum atomic E-state index is 12.3. The summed E-state index contributed by atoms with van der Waals surface area (Å²) in [5, 5.41) is 9.93. The molecule has 0 aromatic heterocycles. The normalized spacial score (nSPS) is 36.4. The number of amides is 1. The lowest BCUT2D eigenvalue weighted by atomic mass is 9.87. The molecule has 4 heteroatoms. The summed E-state index contributed by atoms with van der Waals surface area (Å²) >= 11 is 0. The Bertz CT molecular complexity index is 322.